The summed E-state index contributed by atoms with van der Waals surface area (Å²) in [7, 11) is 0. The maximum atomic E-state index is 13.9. The molecule has 4 amide bonds. The highest BCUT2D eigenvalue weighted by Crippen LogP contribution is 2.14. The Morgan fingerprint density at radius 3 is 1.62 bits per heavy atom. The van der Waals surface area contributed by atoms with Gasteiger partial charge in [0.2, 0.25) is 23.6 Å². The van der Waals surface area contributed by atoms with E-state index in [1.54, 1.807) is 56.3 Å². The van der Waals surface area contributed by atoms with E-state index in [-0.39, 0.29) is 43.8 Å². The van der Waals surface area contributed by atoms with E-state index in [9.17, 15) is 39.0 Å². The SMILES string of the molecule is CC(C)C[C@H](NC(=O)[C@@H](N)CCC(=O)O)C(=O)N[C@@H](Cc1ccccc1)C(=O)N[C@@H](Cc1ccc(O)cc1)C(=O)N[C@H](C(=O)O)C(C)C. The molecular weight excluding hydrogens is 622 g/mol. The van der Waals surface area contributed by atoms with Crippen molar-refractivity contribution in [1.29, 1.82) is 0 Å². The number of phenolic OH excluding ortho intramolecular Hbond substituents is 1. The molecule has 0 fully saturated rings. The first-order chi connectivity index (χ1) is 22.6. The summed E-state index contributed by atoms with van der Waals surface area (Å²) in [5.41, 5.74) is 7.11. The van der Waals surface area contributed by atoms with E-state index in [1.807, 2.05) is 13.8 Å². The Hall–Kier alpha value is -4.98. The number of aliphatic carboxylic acids is 2. The number of nitrogens with one attached hydrogen (secondary N) is 4. The van der Waals surface area contributed by atoms with E-state index in [1.165, 1.54) is 12.1 Å². The van der Waals surface area contributed by atoms with Crippen molar-refractivity contribution in [2.75, 3.05) is 0 Å². The van der Waals surface area contributed by atoms with E-state index >= 15 is 0 Å². The lowest BCUT2D eigenvalue weighted by atomic mass is 9.99. The molecule has 5 atom stereocenters. The summed E-state index contributed by atoms with van der Waals surface area (Å²) in [5.74, 6) is -5.82. The number of nitrogens with two attached hydrogens (primary N) is 1. The Balaban J connectivity index is 2.38. The van der Waals surface area contributed by atoms with Crippen LogP contribution in [0.2, 0.25) is 0 Å². The van der Waals surface area contributed by atoms with Crippen molar-refractivity contribution in [3.05, 3.63) is 65.7 Å². The number of phenols is 1. The maximum Gasteiger partial charge on any atom is 0.326 e. The zero-order chi connectivity index (χ0) is 36.0. The molecule has 0 unspecified atom stereocenters. The summed E-state index contributed by atoms with van der Waals surface area (Å²) in [5, 5.41) is 38.7. The number of carbonyl (C=O) groups is 6. The van der Waals surface area contributed by atoms with E-state index in [4.69, 9.17) is 10.8 Å². The third-order valence-corrected chi connectivity index (χ3v) is 7.50. The van der Waals surface area contributed by atoms with Gasteiger partial charge < -0.3 is 42.3 Å². The minimum atomic E-state index is -1.27. The Labute approximate surface area is 279 Å². The van der Waals surface area contributed by atoms with Crippen LogP contribution in [0, 0.1) is 11.8 Å². The summed E-state index contributed by atoms with van der Waals surface area (Å²) in [6, 6.07) is 8.71. The highest BCUT2D eigenvalue weighted by Gasteiger charge is 2.33. The summed E-state index contributed by atoms with van der Waals surface area (Å²) >= 11 is 0. The molecule has 0 heterocycles. The zero-order valence-corrected chi connectivity index (χ0v) is 27.6. The summed E-state index contributed by atoms with van der Waals surface area (Å²) in [6.45, 7) is 6.92. The average Bonchev–Trinajstić information content (AvgIpc) is 3.02. The number of rotatable bonds is 19. The minimum absolute atomic E-state index is 0.00828. The topological polar surface area (TPSA) is 237 Å². The lowest BCUT2D eigenvalue weighted by Crippen LogP contribution is -2.59. The second kappa shape index (κ2) is 19.0. The highest BCUT2D eigenvalue weighted by atomic mass is 16.4. The lowest BCUT2D eigenvalue weighted by Gasteiger charge is -2.27. The second-order valence-corrected chi connectivity index (χ2v) is 12.5. The van der Waals surface area contributed by atoms with Gasteiger partial charge in [-0.1, -0.05) is 70.2 Å². The van der Waals surface area contributed by atoms with Crippen LogP contribution < -0.4 is 27.0 Å². The lowest BCUT2D eigenvalue weighted by molar-refractivity contribution is -0.143. The third kappa shape index (κ3) is 13.4. The van der Waals surface area contributed by atoms with E-state index in [2.05, 4.69) is 21.3 Å². The fourth-order valence-electron chi connectivity index (χ4n) is 4.84. The molecule has 14 nitrogen and oxygen atoms in total. The molecule has 0 aromatic heterocycles. The van der Waals surface area contributed by atoms with E-state index in [0.717, 1.165) is 0 Å². The van der Waals surface area contributed by atoms with E-state index in [0.29, 0.717) is 11.1 Å². The van der Waals surface area contributed by atoms with Crippen molar-refractivity contribution in [2.24, 2.45) is 17.6 Å². The normalized spacial score (nSPS) is 14.2. The molecule has 2 aromatic rings. The van der Waals surface area contributed by atoms with Gasteiger partial charge in [0.25, 0.3) is 0 Å². The maximum absolute atomic E-state index is 13.9. The van der Waals surface area contributed by atoms with Crippen LogP contribution in [0.4, 0.5) is 0 Å². The molecule has 0 aliphatic carbocycles. The Kier molecular flexibility index (Phi) is 15.5. The first-order valence-electron chi connectivity index (χ1n) is 15.8. The van der Waals surface area contributed by atoms with Crippen molar-refractivity contribution >= 4 is 35.6 Å². The van der Waals surface area contributed by atoms with Gasteiger partial charge in [-0.3, -0.25) is 24.0 Å². The molecule has 0 aliphatic heterocycles. The number of benzene rings is 2. The van der Waals surface area contributed by atoms with Crippen LogP contribution in [-0.2, 0) is 41.6 Å². The standard InChI is InChI=1S/C34H47N5O9/c1-19(2)16-25(36-30(43)24(35)14-15-28(41)42)31(44)37-26(17-21-8-6-5-7-9-21)32(45)38-27(18-22-10-12-23(40)13-11-22)33(46)39-29(20(3)4)34(47)48/h5-13,19-20,24-27,29,40H,14-18,35H2,1-4H3,(H,36,43)(H,37,44)(H,38,45)(H,39,46)(H,41,42)(H,47,48)/t24-,25-,26-,27-,29-/m0/s1. The summed E-state index contributed by atoms with van der Waals surface area (Å²) in [6.07, 6.45) is -0.343. The van der Waals surface area contributed by atoms with Crippen LogP contribution in [0.3, 0.4) is 0 Å². The van der Waals surface area contributed by atoms with Crippen molar-refractivity contribution in [3.8, 4) is 5.75 Å². The molecule has 262 valence electrons. The molecule has 0 radical (unpaired) electrons. The molecule has 2 aromatic carbocycles. The van der Waals surface area contributed by atoms with Crippen molar-refractivity contribution < 1.29 is 44.1 Å². The summed E-state index contributed by atoms with van der Waals surface area (Å²) < 4.78 is 0. The quantitative estimate of drug-likeness (QED) is 0.106. The number of hydrogen-bond acceptors (Lipinski definition) is 8. The molecule has 0 saturated carbocycles. The van der Waals surface area contributed by atoms with Crippen LogP contribution in [-0.4, -0.2) is 81.1 Å². The van der Waals surface area contributed by atoms with Gasteiger partial charge in [0, 0.05) is 19.3 Å². The van der Waals surface area contributed by atoms with Gasteiger partial charge in [-0.25, -0.2) is 4.79 Å². The predicted molar refractivity (Wildman–Crippen MR) is 176 cm³/mol. The highest BCUT2D eigenvalue weighted by molar-refractivity contribution is 5.95. The van der Waals surface area contributed by atoms with Crippen LogP contribution >= 0.6 is 0 Å². The average molecular weight is 670 g/mol. The monoisotopic (exact) mass is 669 g/mol. The van der Waals surface area contributed by atoms with Gasteiger partial charge in [-0.05, 0) is 47.9 Å². The Bertz CT molecular complexity index is 1400. The molecule has 14 heteroatoms. The number of carbonyl (C=O) groups excluding carboxylic acids is 4. The molecule has 48 heavy (non-hydrogen) atoms. The number of hydrogen-bond donors (Lipinski definition) is 8. The van der Waals surface area contributed by atoms with Crippen LogP contribution in [0.1, 0.15) is 58.1 Å². The third-order valence-electron chi connectivity index (χ3n) is 7.50. The largest absolute Gasteiger partial charge is 0.508 e. The fraction of sp³-hybridized carbons (Fsp3) is 0.471. The second-order valence-electron chi connectivity index (χ2n) is 12.5. The number of aromatic hydroxyl groups is 1. The van der Waals surface area contributed by atoms with Crippen LogP contribution in [0.25, 0.3) is 0 Å². The van der Waals surface area contributed by atoms with Gasteiger partial charge >= 0.3 is 11.9 Å². The number of carboxylic acids is 2. The predicted octanol–water partition coefficient (Wildman–Crippen LogP) is 1.10. The first-order valence-corrected chi connectivity index (χ1v) is 15.8. The van der Waals surface area contributed by atoms with Crippen molar-refractivity contribution in [1.82, 2.24) is 21.3 Å². The molecule has 0 aliphatic rings. The van der Waals surface area contributed by atoms with Gasteiger partial charge in [0.05, 0.1) is 6.04 Å². The summed E-state index contributed by atoms with van der Waals surface area (Å²) in [4.78, 5) is 76.5. The van der Waals surface area contributed by atoms with Crippen LogP contribution in [0.15, 0.2) is 54.6 Å². The van der Waals surface area contributed by atoms with Gasteiger partial charge in [0.1, 0.15) is 29.9 Å². The van der Waals surface area contributed by atoms with Gasteiger partial charge in [0.15, 0.2) is 0 Å². The van der Waals surface area contributed by atoms with E-state index < -0.39 is 71.7 Å². The van der Waals surface area contributed by atoms with Gasteiger partial charge in [-0.15, -0.1) is 0 Å². The number of amides is 4. The molecular formula is C34H47N5O9. The molecule has 2 rings (SSSR count). The fourth-order valence-corrected chi connectivity index (χ4v) is 4.84. The molecule has 0 spiro atoms. The van der Waals surface area contributed by atoms with Crippen LogP contribution in [0.5, 0.6) is 5.75 Å². The molecule has 0 saturated heterocycles. The van der Waals surface area contributed by atoms with Gasteiger partial charge in [-0.2, -0.15) is 0 Å². The first kappa shape index (κ1) is 39.2. The minimum Gasteiger partial charge on any atom is -0.508 e. The molecule has 0 bridgehead atoms. The smallest absolute Gasteiger partial charge is 0.326 e. The Morgan fingerprint density at radius 2 is 1.15 bits per heavy atom. The molecule has 9 N–H and O–H groups in total. The van der Waals surface area contributed by atoms with Crippen molar-refractivity contribution in [3.63, 3.8) is 0 Å². The number of carboxylic acid groups (broad SMARTS) is 2. The zero-order valence-electron chi connectivity index (χ0n) is 27.6. The van der Waals surface area contributed by atoms with Crippen molar-refractivity contribution in [2.45, 2.75) is 90.0 Å². The Morgan fingerprint density at radius 1 is 0.667 bits per heavy atom.